The number of nitrogens with zero attached hydrogens (tertiary/aromatic N) is 5. The van der Waals surface area contributed by atoms with Crippen LogP contribution in [0.25, 0.3) is 5.65 Å². The SMILES string of the molecule is COc1cc(Cl)ncc1NC(=O)c1c(N)nn2ccc(OCCN(C)C)nc12. The molecule has 0 spiro atoms. The zero-order valence-electron chi connectivity index (χ0n) is 15.6. The van der Waals surface area contributed by atoms with Gasteiger partial charge in [0.1, 0.15) is 28.8 Å². The van der Waals surface area contributed by atoms with E-state index in [1.807, 2.05) is 19.0 Å². The van der Waals surface area contributed by atoms with Gasteiger partial charge >= 0.3 is 0 Å². The van der Waals surface area contributed by atoms with Crippen LogP contribution >= 0.6 is 11.6 Å². The Bertz CT molecular complexity index is 1010. The van der Waals surface area contributed by atoms with Crippen molar-refractivity contribution >= 4 is 34.7 Å². The molecule has 10 nitrogen and oxygen atoms in total. The molecule has 0 aliphatic rings. The van der Waals surface area contributed by atoms with Gasteiger partial charge in [-0.3, -0.25) is 4.79 Å². The molecule has 0 unspecified atom stereocenters. The second kappa shape index (κ2) is 8.28. The fourth-order valence-corrected chi connectivity index (χ4v) is 2.57. The number of hydrogen-bond acceptors (Lipinski definition) is 8. The van der Waals surface area contributed by atoms with Gasteiger partial charge in [0.25, 0.3) is 5.91 Å². The molecule has 0 saturated heterocycles. The zero-order valence-corrected chi connectivity index (χ0v) is 16.4. The van der Waals surface area contributed by atoms with Crippen molar-refractivity contribution in [2.75, 3.05) is 45.4 Å². The molecule has 3 heterocycles. The van der Waals surface area contributed by atoms with Gasteiger partial charge in [0, 0.05) is 24.9 Å². The number of hydrogen-bond donors (Lipinski definition) is 2. The van der Waals surface area contributed by atoms with E-state index >= 15 is 0 Å². The molecule has 3 aromatic heterocycles. The van der Waals surface area contributed by atoms with Crippen LogP contribution in [0.5, 0.6) is 11.6 Å². The number of amides is 1. The van der Waals surface area contributed by atoms with Crippen LogP contribution in [-0.2, 0) is 0 Å². The maximum atomic E-state index is 12.8. The Labute approximate surface area is 166 Å². The second-order valence-corrected chi connectivity index (χ2v) is 6.49. The molecular weight excluding hydrogens is 386 g/mol. The van der Waals surface area contributed by atoms with Crippen LogP contribution in [0.1, 0.15) is 10.4 Å². The molecule has 0 aliphatic heterocycles. The Kier molecular flexibility index (Phi) is 5.81. The molecule has 28 heavy (non-hydrogen) atoms. The van der Waals surface area contributed by atoms with Gasteiger partial charge in [-0.15, -0.1) is 5.10 Å². The zero-order chi connectivity index (χ0) is 20.3. The Morgan fingerprint density at radius 1 is 1.43 bits per heavy atom. The number of carbonyl (C=O) groups is 1. The molecule has 0 bridgehead atoms. The van der Waals surface area contributed by atoms with Crippen molar-refractivity contribution in [2.24, 2.45) is 0 Å². The molecule has 1 amide bonds. The topological polar surface area (TPSA) is 120 Å². The summed E-state index contributed by atoms with van der Waals surface area (Å²) in [6, 6.07) is 3.15. The van der Waals surface area contributed by atoms with E-state index in [2.05, 4.69) is 20.4 Å². The summed E-state index contributed by atoms with van der Waals surface area (Å²) < 4.78 is 12.3. The van der Waals surface area contributed by atoms with E-state index < -0.39 is 5.91 Å². The van der Waals surface area contributed by atoms with Crippen LogP contribution in [0.4, 0.5) is 11.5 Å². The molecule has 11 heteroatoms. The lowest BCUT2D eigenvalue weighted by Gasteiger charge is -2.11. The lowest BCUT2D eigenvalue weighted by molar-refractivity contribution is 0.102. The summed E-state index contributed by atoms with van der Waals surface area (Å²) in [4.78, 5) is 23.1. The summed E-state index contributed by atoms with van der Waals surface area (Å²) in [5.74, 6) is 0.266. The number of aromatic nitrogens is 4. The van der Waals surface area contributed by atoms with Crippen LogP contribution < -0.4 is 20.5 Å². The van der Waals surface area contributed by atoms with Crippen LogP contribution in [0, 0.1) is 0 Å². The van der Waals surface area contributed by atoms with Gasteiger partial charge in [0.2, 0.25) is 5.88 Å². The molecule has 148 valence electrons. The van der Waals surface area contributed by atoms with Crippen LogP contribution in [0.3, 0.4) is 0 Å². The van der Waals surface area contributed by atoms with Crippen LogP contribution in [0.15, 0.2) is 24.5 Å². The van der Waals surface area contributed by atoms with Crippen LogP contribution in [-0.4, -0.2) is 64.7 Å². The summed E-state index contributed by atoms with van der Waals surface area (Å²) in [6.07, 6.45) is 3.02. The van der Waals surface area contributed by atoms with Gasteiger partial charge in [-0.05, 0) is 14.1 Å². The maximum Gasteiger partial charge on any atom is 0.263 e. The van der Waals surface area contributed by atoms with E-state index in [-0.39, 0.29) is 22.2 Å². The lowest BCUT2D eigenvalue weighted by atomic mass is 10.2. The first-order valence-electron chi connectivity index (χ1n) is 8.32. The monoisotopic (exact) mass is 405 g/mol. The Balaban J connectivity index is 1.89. The first kappa shape index (κ1) is 19.6. The number of anilines is 2. The lowest BCUT2D eigenvalue weighted by Crippen LogP contribution is -2.19. The van der Waals surface area contributed by atoms with E-state index in [1.54, 1.807) is 12.3 Å². The number of pyridine rings is 1. The average molecular weight is 406 g/mol. The maximum absolute atomic E-state index is 12.8. The van der Waals surface area contributed by atoms with E-state index in [4.69, 9.17) is 26.8 Å². The highest BCUT2D eigenvalue weighted by Crippen LogP contribution is 2.27. The number of nitrogen functional groups attached to an aromatic ring is 1. The number of ether oxygens (including phenoxy) is 2. The van der Waals surface area contributed by atoms with Crippen molar-refractivity contribution in [3.8, 4) is 11.6 Å². The minimum Gasteiger partial charge on any atom is -0.494 e. The number of methoxy groups -OCH3 is 1. The summed E-state index contributed by atoms with van der Waals surface area (Å²) in [7, 11) is 5.35. The molecule has 3 N–H and O–H groups in total. The van der Waals surface area contributed by atoms with Crippen molar-refractivity contribution in [3.05, 3.63) is 35.2 Å². The van der Waals surface area contributed by atoms with E-state index in [0.717, 1.165) is 6.54 Å². The highest BCUT2D eigenvalue weighted by Gasteiger charge is 2.21. The smallest absolute Gasteiger partial charge is 0.263 e. The highest BCUT2D eigenvalue weighted by molar-refractivity contribution is 6.29. The predicted molar refractivity (Wildman–Crippen MR) is 105 cm³/mol. The Morgan fingerprint density at radius 2 is 2.21 bits per heavy atom. The van der Waals surface area contributed by atoms with E-state index in [9.17, 15) is 4.79 Å². The van der Waals surface area contributed by atoms with Crippen molar-refractivity contribution in [3.63, 3.8) is 0 Å². The summed E-state index contributed by atoms with van der Waals surface area (Å²) in [6.45, 7) is 1.18. The van der Waals surface area contributed by atoms with Crippen molar-refractivity contribution < 1.29 is 14.3 Å². The largest absolute Gasteiger partial charge is 0.494 e. The Morgan fingerprint density at radius 3 is 2.93 bits per heavy atom. The summed E-state index contributed by atoms with van der Waals surface area (Å²) >= 11 is 5.85. The van der Waals surface area contributed by atoms with Gasteiger partial charge in [-0.25, -0.2) is 9.50 Å². The van der Waals surface area contributed by atoms with Gasteiger partial charge in [0.05, 0.1) is 13.3 Å². The minimum absolute atomic E-state index is 0.0383. The minimum atomic E-state index is -0.507. The number of carbonyl (C=O) groups excluding carboxylic acids is 1. The van der Waals surface area contributed by atoms with Crippen LogP contribution in [0.2, 0.25) is 5.15 Å². The van der Waals surface area contributed by atoms with Crippen molar-refractivity contribution in [1.82, 2.24) is 24.5 Å². The fraction of sp³-hybridized carbons (Fsp3) is 0.294. The number of likely N-dealkylation sites (N-methyl/N-ethyl adjacent to an activating group) is 1. The molecule has 0 aliphatic carbocycles. The molecule has 0 saturated carbocycles. The molecule has 0 atom stereocenters. The number of rotatable bonds is 7. The first-order chi connectivity index (χ1) is 13.4. The number of nitrogens with one attached hydrogen (secondary N) is 1. The molecule has 3 rings (SSSR count). The third-order valence-corrected chi connectivity index (χ3v) is 4.01. The summed E-state index contributed by atoms with van der Waals surface area (Å²) in [5.41, 5.74) is 6.68. The summed E-state index contributed by atoms with van der Waals surface area (Å²) in [5, 5.41) is 7.06. The quantitative estimate of drug-likeness (QED) is 0.568. The third kappa shape index (κ3) is 4.24. The highest BCUT2D eigenvalue weighted by atomic mass is 35.5. The van der Waals surface area contributed by atoms with Gasteiger partial charge < -0.3 is 25.4 Å². The van der Waals surface area contributed by atoms with Gasteiger partial charge in [0.15, 0.2) is 11.5 Å². The first-order valence-corrected chi connectivity index (χ1v) is 8.70. The Hall–Kier alpha value is -3.11. The van der Waals surface area contributed by atoms with Gasteiger partial charge in [-0.1, -0.05) is 11.6 Å². The van der Waals surface area contributed by atoms with Crippen molar-refractivity contribution in [1.29, 1.82) is 0 Å². The number of fused-ring (bicyclic) bond motifs is 1. The molecule has 3 aromatic rings. The predicted octanol–water partition coefficient (Wildman–Crippen LogP) is 1.56. The number of nitrogens with two attached hydrogens (primary N) is 1. The fourth-order valence-electron chi connectivity index (χ4n) is 2.42. The molecule has 0 fully saturated rings. The number of halogens is 1. The van der Waals surface area contributed by atoms with E-state index in [0.29, 0.717) is 23.9 Å². The normalized spacial score (nSPS) is 11.0. The standard InChI is InChI=1S/C17H20ClN7O3/c1-24(2)6-7-28-13-4-5-25-16(22-13)14(15(19)23-25)17(26)21-10-9-20-12(18)8-11(10)27-3/h4-5,8-9H,6-7H2,1-3H3,(H2,19,23)(H,21,26). The van der Waals surface area contributed by atoms with Gasteiger partial charge in [-0.2, -0.15) is 4.98 Å². The average Bonchev–Trinajstić information content (AvgIpc) is 2.98. The van der Waals surface area contributed by atoms with E-state index in [1.165, 1.54) is 23.9 Å². The molecule has 0 radical (unpaired) electrons. The molecule has 0 aromatic carbocycles. The second-order valence-electron chi connectivity index (χ2n) is 6.11. The van der Waals surface area contributed by atoms with Crippen molar-refractivity contribution in [2.45, 2.75) is 0 Å². The third-order valence-electron chi connectivity index (χ3n) is 3.80. The molecular formula is C17H20ClN7O3.